The normalized spacial score (nSPS) is 12.2. The smallest absolute Gasteiger partial charge is 0.237 e. The standard InChI is InChI=1S/C18H18ClN3O2S/c1-10-4-6-13-14(8-10)22-18(21-13)25-11(2)17(23)20-15-9-12(19)5-7-16(15)24-3/h4-9,11H,1-3H3,(H,20,23)(H,21,22)/t11-/m0/s1. The van der Waals surface area contributed by atoms with Crippen molar-refractivity contribution in [2.24, 2.45) is 0 Å². The van der Waals surface area contributed by atoms with Gasteiger partial charge in [-0.05, 0) is 49.7 Å². The van der Waals surface area contributed by atoms with E-state index >= 15 is 0 Å². The highest BCUT2D eigenvalue weighted by molar-refractivity contribution is 8.00. The second-order valence-electron chi connectivity index (χ2n) is 5.66. The Bertz CT molecular complexity index is 926. The molecule has 1 amide bonds. The number of halogens is 1. The predicted molar refractivity (Wildman–Crippen MR) is 103 cm³/mol. The van der Waals surface area contributed by atoms with Gasteiger partial charge in [0.05, 0.1) is 29.1 Å². The number of carbonyl (C=O) groups excluding carboxylic acids is 1. The number of carbonyl (C=O) groups is 1. The molecule has 3 rings (SSSR count). The summed E-state index contributed by atoms with van der Waals surface area (Å²) >= 11 is 7.37. The lowest BCUT2D eigenvalue weighted by molar-refractivity contribution is -0.115. The minimum atomic E-state index is -0.342. The van der Waals surface area contributed by atoms with Crippen molar-refractivity contribution < 1.29 is 9.53 Å². The maximum Gasteiger partial charge on any atom is 0.237 e. The van der Waals surface area contributed by atoms with Gasteiger partial charge in [0.2, 0.25) is 5.91 Å². The minimum Gasteiger partial charge on any atom is -0.495 e. The molecule has 0 aliphatic rings. The van der Waals surface area contributed by atoms with Crippen LogP contribution in [0.4, 0.5) is 5.69 Å². The van der Waals surface area contributed by atoms with Crippen molar-refractivity contribution in [2.75, 3.05) is 12.4 Å². The van der Waals surface area contributed by atoms with Gasteiger partial charge in [-0.2, -0.15) is 0 Å². The number of ether oxygens (including phenoxy) is 1. The van der Waals surface area contributed by atoms with Crippen LogP contribution in [0.3, 0.4) is 0 Å². The molecule has 0 fully saturated rings. The number of hydrogen-bond donors (Lipinski definition) is 2. The summed E-state index contributed by atoms with van der Waals surface area (Å²) in [4.78, 5) is 20.2. The van der Waals surface area contributed by atoms with E-state index in [0.717, 1.165) is 16.6 Å². The Morgan fingerprint density at radius 2 is 2.12 bits per heavy atom. The molecule has 0 unspecified atom stereocenters. The van der Waals surface area contributed by atoms with E-state index in [1.54, 1.807) is 25.3 Å². The van der Waals surface area contributed by atoms with Gasteiger partial charge >= 0.3 is 0 Å². The van der Waals surface area contributed by atoms with Gasteiger partial charge < -0.3 is 15.0 Å². The van der Waals surface area contributed by atoms with Gasteiger partial charge in [-0.15, -0.1) is 0 Å². The van der Waals surface area contributed by atoms with Gasteiger partial charge in [0.15, 0.2) is 5.16 Å². The summed E-state index contributed by atoms with van der Waals surface area (Å²) in [6.07, 6.45) is 0. The molecule has 0 spiro atoms. The number of rotatable bonds is 5. The van der Waals surface area contributed by atoms with E-state index in [9.17, 15) is 4.79 Å². The molecule has 0 aliphatic carbocycles. The Labute approximate surface area is 155 Å². The summed E-state index contributed by atoms with van der Waals surface area (Å²) in [5.74, 6) is 0.413. The van der Waals surface area contributed by atoms with Crippen molar-refractivity contribution >= 4 is 46.0 Å². The van der Waals surface area contributed by atoms with Crippen molar-refractivity contribution in [3.63, 3.8) is 0 Å². The fourth-order valence-corrected chi connectivity index (χ4v) is 3.38. The average Bonchev–Trinajstić information content (AvgIpc) is 2.96. The first-order valence-electron chi connectivity index (χ1n) is 7.73. The minimum absolute atomic E-state index is 0.151. The molecule has 0 radical (unpaired) electrons. The third-order valence-corrected chi connectivity index (χ3v) is 4.91. The number of nitrogens with one attached hydrogen (secondary N) is 2. The van der Waals surface area contributed by atoms with Crippen LogP contribution in [0, 0.1) is 6.92 Å². The first kappa shape index (κ1) is 17.6. The molecule has 5 nitrogen and oxygen atoms in total. The number of benzene rings is 2. The van der Waals surface area contributed by atoms with Crippen LogP contribution in [0.5, 0.6) is 5.75 Å². The largest absolute Gasteiger partial charge is 0.495 e. The molecular formula is C18H18ClN3O2S. The number of aryl methyl sites for hydroxylation is 1. The number of aromatic nitrogens is 2. The molecule has 3 aromatic rings. The van der Waals surface area contributed by atoms with E-state index in [1.165, 1.54) is 11.8 Å². The van der Waals surface area contributed by atoms with E-state index in [1.807, 2.05) is 32.0 Å². The van der Waals surface area contributed by atoms with Gasteiger partial charge in [-0.3, -0.25) is 4.79 Å². The summed E-state index contributed by atoms with van der Waals surface area (Å²) in [6.45, 7) is 3.86. The molecule has 0 saturated carbocycles. The number of nitrogens with zero attached hydrogens (tertiary/aromatic N) is 1. The van der Waals surface area contributed by atoms with E-state index in [0.29, 0.717) is 21.6 Å². The number of thioether (sulfide) groups is 1. The molecule has 2 aromatic carbocycles. The van der Waals surface area contributed by atoms with Gasteiger partial charge in [0.1, 0.15) is 5.75 Å². The van der Waals surface area contributed by atoms with Crippen molar-refractivity contribution in [2.45, 2.75) is 24.3 Å². The Balaban J connectivity index is 1.72. The Kier molecular flexibility index (Phi) is 5.20. The van der Waals surface area contributed by atoms with Crippen molar-refractivity contribution in [1.29, 1.82) is 0 Å². The van der Waals surface area contributed by atoms with Crippen LogP contribution in [0.15, 0.2) is 41.6 Å². The molecule has 0 saturated heterocycles. The zero-order valence-electron chi connectivity index (χ0n) is 14.1. The lowest BCUT2D eigenvalue weighted by Crippen LogP contribution is -2.22. The summed E-state index contributed by atoms with van der Waals surface area (Å²) in [5, 5.41) is 3.75. The second kappa shape index (κ2) is 7.37. The number of H-pyrrole nitrogens is 1. The first-order chi connectivity index (χ1) is 12.0. The van der Waals surface area contributed by atoms with Crippen LogP contribution in [0.2, 0.25) is 5.02 Å². The molecule has 25 heavy (non-hydrogen) atoms. The lowest BCUT2D eigenvalue weighted by Gasteiger charge is -2.13. The Morgan fingerprint density at radius 1 is 1.32 bits per heavy atom. The highest BCUT2D eigenvalue weighted by Crippen LogP contribution is 2.29. The van der Waals surface area contributed by atoms with E-state index in [4.69, 9.17) is 16.3 Å². The Morgan fingerprint density at radius 3 is 2.88 bits per heavy atom. The fraction of sp³-hybridized carbons (Fsp3) is 0.222. The summed E-state index contributed by atoms with van der Waals surface area (Å²) in [6, 6.07) is 11.1. The van der Waals surface area contributed by atoms with E-state index in [-0.39, 0.29) is 11.2 Å². The Hall–Kier alpha value is -2.18. The quantitative estimate of drug-likeness (QED) is 0.637. The monoisotopic (exact) mass is 375 g/mol. The number of amides is 1. The number of fused-ring (bicyclic) bond motifs is 1. The highest BCUT2D eigenvalue weighted by Gasteiger charge is 2.18. The molecule has 0 bridgehead atoms. The highest BCUT2D eigenvalue weighted by atomic mass is 35.5. The SMILES string of the molecule is COc1ccc(Cl)cc1NC(=O)[C@H](C)Sc1nc2ccc(C)cc2[nH]1. The van der Waals surface area contributed by atoms with Crippen LogP contribution in [-0.4, -0.2) is 28.2 Å². The molecule has 2 N–H and O–H groups in total. The summed E-state index contributed by atoms with van der Waals surface area (Å²) < 4.78 is 5.25. The summed E-state index contributed by atoms with van der Waals surface area (Å²) in [7, 11) is 1.55. The number of anilines is 1. The maximum atomic E-state index is 12.5. The molecule has 1 heterocycles. The van der Waals surface area contributed by atoms with Crippen LogP contribution >= 0.6 is 23.4 Å². The van der Waals surface area contributed by atoms with Crippen molar-refractivity contribution in [1.82, 2.24) is 9.97 Å². The maximum absolute atomic E-state index is 12.5. The zero-order chi connectivity index (χ0) is 18.0. The molecule has 0 aliphatic heterocycles. The lowest BCUT2D eigenvalue weighted by atomic mass is 10.2. The predicted octanol–water partition coefficient (Wildman–Crippen LogP) is 4.65. The first-order valence-corrected chi connectivity index (χ1v) is 8.99. The van der Waals surface area contributed by atoms with Gasteiger partial charge in [0, 0.05) is 5.02 Å². The van der Waals surface area contributed by atoms with E-state index < -0.39 is 0 Å². The molecule has 7 heteroatoms. The van der Waals surface area contributed by atoms with Crippen LogP contribution in [0.25, 0.3) is 11.0 Å². The van der Waals surface area contributed by atoms with Gasteiger partial charge in [-0.1, -0.05) is 29.4 Å². The number of imidazole rings is 1. The van der Waals surface area contributed by atoms with Gasteiger partial charge in [0.25, 0.3) is 0 Å². The molecule has 1 atom stereocenters. The molecule has 130 valence electrons. The summed E-state index contributed by atoms with van der Waals surface area (Å²) in [5.41, 5.74) is 3.56. The van der Waals surface area contributed by atoms with Crippen LogP contribution < -0.4 is 10.1 Å². The van der Waals surface area contributed by atoms with Gasteiger partial charge in [-0.25, -0.2) is 4.98 Å². The third kappa shape index (κ3) is 4.08. The van der Waals surface area contributed by atoms with Crippen molar-refractivity contribution in [3.8, 4) is 5.75 Å². The average molecular weight is 376 g/mol. The van der Waals surface area contributed by atoms with Crippen molar-refractivity contribution in [3.05, 3.63) is 47.0 Å². The molecular weight excluding hydrogens is 358 g/mol. The fourth-order valence-electron chi connectivity index (χ4n) is 2.39. The molecule has 1 aromatic heterocycles. The number of aromatic amines is 1. The topological polar surface area (TPSA) is 67.0 Å². The van der Waals surface area contributed by atoms with E-state index in [2.05, 4.69) is 15.3 Å². The van der Waals surface area contributed by atoms with Crippen LogP contribution in [0.1, 0.15) is 12.5 Å². The van der Waals surface area contributed by atoms with Crippen LogP contribution in [-0.2, 0) is 4.79 Å². The third-order valence-electron chi connectivity index (χ3n) is 3.69. The second-order valence-corrected chi connectivity index (χ2v) is 7.42. The number of methoxy groups -OCH3 is 1. The number of hydrogen-bond acceptors (Lipinski definition) is 4. The zero-order valence-corrected chi connectivity index (χ0v) is 15.7.